The first-order valence-corrected chi connectivity index (χ1v) is 10.5. The molecule has 0 amide bonds. The third-order valence-electron chi connectivity index (χ3n) is 5.05. The number of halogens is 1. The maximum Gasteiger partial charge on any atom is 0.216 e. The molecule has 2 aliphatic rings. The molecule has 2 aromatic rings. The molecule has 1 atom stereocenters. The van der Waals surface area contributed by atoms with Crippen LogP contribution in [0.2, 0.25) is 0 Å². The van der Waals surface area contributed by atoms with Crippen molar-refractivity contribution < 1.29 is 12.8 Å². The Bertz CT molecular complexity index is 862. The van der Waals surface area contributed by atoms with E-state index in [-0.39, 0.29) is 24.2 Å². The molecular weight excluding hydrogens is 357 g/mol. The average molecular weight is 379 g/mol. The zero-order chi connectivity index (χ0) is 18.1. The normalized spacial score (nSPS) is 23.7. The second-order valence-corrected chi connectivity index (χ2v) is 9.02. The van der Waals surface area contributed by atoms with Crippen LogP contribution in [0.15, 0.2) is 30.5 Å². The lowest BCUT2D eigenvalue weighted by atomic mass is 10.2. The van der Waals surface area contributed by atoms with Gasteiger partial charge < -0.3 is 0 Å². The number of likely N-dealkylation sites (tertiary alicyclic amines) is 1. The minimum absolute atomic E-state index is 0.0803. The molecular formula is C17H22FN5O2S. The molecule has 140 valence electrons. The van der Waals surface area contributed by atoms with Gasteiger partial charge in [0, 0.05) is 12.6 Å². The van der Waals surface area contributed by atoms with Crippen LogP contribution in [-0.2, 0) is 23.1 Å². The molecule has 0 saturated carbocycles. The molecule has 26 heavy (non-hydrogen) atoms. The second kappa shape index (κ2) is 7.05. The minimum Gasteiger partial charge on any atom is -0.298 e. The van der Waals surface area contributed by atoms with Crippen LogP contribution in [0.25, 0.3) is 0 Å². The smallest absolute Gasteiger partial charge is 0.216 e. The summed E-state index contributed by atoms with van der Waals surface area (Å²) in [6.07, 6.45) is 4.05. The lowest BCUT2D eigenvalue weighted by Crippen LogP contribution is -2.36. The highest BCUT2D eigenvalue weighted by Crippen LogP contribution is 2.23. The van der Waals surface area contributed by atoms with E-state index in [0.717, 1.165) is 31.5 Å². The molecule has 1 aromatic heterocycles. The molecule has 0 spiro atoms. The summed E-state index contributed by atoms with van der Waals surface area (Å²) in [5, 5.41) is 8.16. The number of nitrogens with zero attached hydrogens (tertiary/aromatic N) is 5. The van der Waals surface area contributed by atoms with E-state index in [1.807, 2.05) is 0 Å². The summed E-state index contributed by atoms with van der Waals surface area (Å²) in [5.41, 5.74) is 1.53. The molecule has 1 aromatic carbocycles. The Morgan fingerprint density at radius 2 is 1.85 bits per heavy atom. The van der Waals surface area contributed by atoms with E-state index in [1.54, 1.807) is 23.0 Å². The van der Waals surface area contributed by atoms with Crippen LogP contribution in [0.1, 0.15) is 24.1 Å². The zero-order valence-electron chi connectivity index (χ0n) is 14.5. The van der Waals surface area contributed by atoms with E-state index in [0.29, 0.717) is 18.8 Å². The summed E-state index contributed by atoms with van der Waals surface area (Å²) < 4.78 is 41.1. The van der Waals surface area contributed by atoms with E-state index in [2.05, 4.69) is 15.2 Å². The van der Waals surface area contributed by atoms with Gasteiger partial charge in [0.2, 0.25) is 10.0 Å². The third kappa shape index (κ3) is 3.79. The SMILES string of the molecule is O=S1(=O)CC(N2CCCC2)CN1Cc1cn(Cc2ccc(F)cc2)nn1. The van der Waals surface area contributed by atoms with Crippen molar-refractivity contribution in [3.63, 3.8) is 0 Å². The van der Waals surface area contributed by atoms with E-state index in [1.165, 1.54) is 16.4 Å². The van der Waals surface area contributed by atoms with Gasteiger partial charge in [-0.2, -0.15) is 4.31 Å². The molecule has 9 heteroatoms. The summed E-state index contributed by atoms with van der Waals surface area (Å²) in [6, 6.07) is 6.28. The van der Waals surface area contributed by atoms with Crippen LogP contribution in [-0.4, -0.2) is 64.0 Å². The fraction of sp³-hybridized carbons (Fsp3) is 0.529. The van der Waals surface area contributed by atoms with E-state index in [4.69, 9.17) is 0 Å². The van der Waals surface area contributed by atoms with Crippen LogP contribution >= 0.6 is 0 Å². The maximum absolute atomic E-state index is 13.0. The maximum atomic E-state index is 13.0. The lowest BCUT2D eigenvalue weighted by Gasteiger charge is -2.21. The molecule has 3 heterocycles. The van der Waals surface area contributed by atoms with Gasteiger partial charge in [-0.25, -0.2) is 17.5 Å². The Balaban J connectivity index is 1.41. The topological polar surface area (TPSA) is 71.3 Å². The molecule has 2 aliphatic heterocycles. The predicted octanol–water partition coefficient (Wildman–Crippen LogP) is 1.08. The average Bonchev–Trinajstić information content (AvgIpc) is 3.32. The fourth-order valence-electron chi connectivity index (χ4n) is 3.69. The first kappa shape index (κ1) is 17.6. The quantitative estimate of drug-likeness (QED) is 0.777. The van der Waals surface area contributed by atoms with Gasteiger partial charge in [-0.15, -0.1) is 5.10 Å². The van der Waals surface area contributed by atoms with Crippen molar-refractivity contribution in [1.29, 1.82) is 0 Å². The highest BCUT2D eigenvalue weighted by molar-refractivity contribution is 7.89. The Hall–Kier alpha value is -1.84. The van der Waals surface area contributed by atoms with Crippen molar-refractivity contribution in [3.8, 4) is 0 Å². The molecule has 2 saturated heterocycles. The highest BCUT2D eigenvalue weighted by atomic mass is 32.2. The molecule has 4 rings (SSSR count). The largest absolute Gasteiger partial charge is 0.298 e. The Morgan fingerprint density at radius 1 is 1.12 bits per heavy atom. The number of sulfonamides is 1. The second-order valence-electron chi connectivity index (χ2n) is 7.00. The van der Waals surface area contributed by atoms with Crippen LogP contribution in [0.3, 0.4) is 0 Å². The van der Waals surface area contributed by atoms with Gasteiger partial charge in [-0.05, 0) is 43.6 Å². The standard InChI is InChI=1S/C17H22FN5O2S/c18-15-5-3-14(4-6-15)9-22-10-16(19-20-22)11-23-12-17(13-26(23,24)25)21-7-1-2-8-21/h3-6,10,17H,1-2,7-9,11-13H2. The number of benzene rings is 1. The van der Waals surface area contributed by atoms with Crippen molar-refractivity contribution in [2.24, 2.45) is 0 Å². The van der Waals surface area contributed by atoms with Crippen LogP contribution in [0, 0.1) is 5.82 Å². The summed E-state index contributed by atoms with van der Waals surface area (Å²) in [5.74, 6) is -0.0868. The van der Waals surface area contributed by atoms with E-state index in [9.17, 15) is 12.8 Å². The van der Waals surface area contributed by atoms with Crippen molar-refractivity contribution in [2.45, 2.75) is 32.0 Å². The Morgan fingerprint density at radius 3 is 2.58 bits per heavy atom. The van der Waals surface area contributed by atoms with Crippen LogP contribution in [0.4, 0.5) is 4.39 Å². The van der Waals surface area contributed by atoms with Gasteiger partial charge in [0.1, 0.15) is 5.82 Å². The van der Waals surface area contributed by atoms with E-state index >= 15 is 0 Å². The number of hydrogen-bond donors (Lipinski definition) is 0. The monoisotopic (exact) mass is 379 g/mol. The number of aromatic nitrogens is 3. The van der Waals surface area contributed by atoms with Gasteiger partial charge in [-0.3, -0.25) is 4.90 Å². The molecule has 0 bridgehead atoms. The van der Waals surface area contributed by atoms with Gasteiger partial charge in [-0.1, -0.05) is 17.3 Å². The van der Waals surface area contributed by atoms with Crippen molar-refractivity contribution >= 4 is 10.0 Å². The summed E-state index contributed by atoms with van der Waals surface area (Å²) in [6.45, 7) is 3.21. The number of hydrogen-bond acceptors (Lipinski definition) is 5. The summed E-state index contributed by atoms with van der Waals surface area (Å²) >= 11 is 0. The molecule has 2 fully saturated rings. The first-order chi connectivity index (χ1) is 12.5. The Kier molecular flexibility index (Phi) is 4.76. The fourth-order valence-corrected chi connectivity index (χ4v) is 5.43. The van der Waals surface area contributed by atoms with Crippen molar-refractivity contribution in [1.82, 2.24) is 24.2 Å². The molecule has 0 radical (unpaired) electrons. The van der Waals surface area contributed by atoms with Gasteiger partial charge >= 0.3 is 0 Å². The van der Waals surface area contributed by atoms with Crippen LogP contribution < -0.4 is 0 Å². The lowest BCUT2D eigenvalue weighted by molar-refractivity contribution is 0.241. The van der Waals surface area contributed by atoms with E-state index < -0.39 is 10.0 Å². The van der Waals surface area contributed by atoms with Gasteiger partial charge in [0.05, 0.1) is 30.7 Å². The molecule has 0 aliphatic carbocycles. The highest BCUT2D eigenvalue weighted by Gasteiger charge is 2.39. The molecule has 0 N–H and O–H groups in total. The minimum atomic E-state index is -3.25. The molecule has 7 nitrogen and oxygen atoms in total. The zero-order valence-corrected chi connectivity index (χ0v) is 15.3. The van der Waals surface area contributed by atoms with Crippen molar-refractivity contribution in [2.75, 3.05) is 25.4 Å². The third-order valence-corrected chi connectivity index (χ3v) is 6.92. The van der Waals surface area contributed by atoms with Gasteiger partial charge in [0.25, 0.3) is 0 Å². The predicted molar refractivity (Wildman–Crippen MR) is 94.3 cm³/mol. The van der Waals surface area contributed by atoms with Crippen molar-refractivity contribution in [3.05, 3.63) is 47.5 Å². The summed E-state index contributed by atoms with van der Waals surface area (Å²) in [4.78, 5) is 2.28. The number of rotatable bonds is 5. The first-order valence-electron chi connectivity index (χ1n) is 8.85. The van der Waals surface area contributed by atoms with Crippen LogP contribution in [0.5, 0.6) is 0 Å². The van der Waals surface area contributed by atoms with Gasteiger partial charge in [0.15, 0.2) is 0 Å². The summed E-state index contributed by atoms with van der Waals surface area (Å²) in [7, 11) is -3.25. The Labute approximate surface area is 152 Å². The molecule has 1 unspecified atom stereocenters.